The Balaban J connectivity index is 1.77. The lowest BCUT2D eigenvalue weighted by Crippen LogP contribution is -2.56. The van der Waals surface area contributed by atoms with Gasteiger partial charge in [-0.25, -0.2) is 0 Å². The van der Waals surface area contributed by atoms with E-state index < -0.39 is 47.0 Å². The molecule has 9 nitrogen and oxygen atoms in total. The molecule has 3 fully saturated rings. The Bertz CT molecular complexity index is 963. The van der Waals surface area contributed by atoms with E-state index in [-0.39, 0.29) is 25.0 Å². The van der Waals surface area contributed by atoms with E-state index >= 15 is 0 Å². The standard InChI is InChI=1S/C25H34N2O7/c1-6-16(13-28)27-20(21(29)26-15-8-10-17(32-5)11-9-15)25-12-14(3)24(4,34-25)19(18(25)22(27)30)23(31)33-7-2/h8-11,14,16,18-20,28H,6-7,12-13H2,1-5H3,(H,26,29)/t14?,16-,18-,19-,20?,24+,25?/m0/s1. The van der Waals surface area contributed by atoms with Gasteiger partial charge >= 0.3 is 5.97 Å². The maximum Gasteiger partial charge on any atom is 0.312 e. The van der Waals surface area contributed by atoms with Gasteiger partial charge in [0.2, 0.25) is 11.8 Å². The van der Waals surface area contributed by atoms with E-state index in [1.54, 1.807) is 38.3 Å². The minimum absolute atomic E-state index is 0.0728. The summed E-state index contributed by atoms with van der Waals surface area (Å²) in [6.07, 6.45) is 0.906. The monoisotopic (exact) mass is 474 g/mol. The molecule has 0 radical (unpaired) electrons. The number of hydrogen-bond donors (Lipinski definition) is 2. The number of benzene rings is 1. The molecule has 1 spiro atoms. The Kier molecular flexibility index (Phi) is 6.37. The second kappa shape index (κ2) is 8.85. The number of amides is 2. The summed E-state index contributed by atoms with van der Waals surface area (Å²) in [5, 5.41) is 13.0. The summed E-state index contributed by atoms with van der Waals surface area (Å²) in [5.74, 6) is -2.32. The lowest BCUT2D eigenvalue weighted by Gasteiger charge is -2.36. The Morgan fingerprint density at radius 1 is 1.29 bits per heavy atom. The van der Waals surface area contributed by atoms with Crippen molar-refractivity contribution >= 4 is 23.5 Å². The third-order valence-electron chi connectivity index (χ3n) is 7.97. The maximum atomic E-state index is 13.9. The third kappa shape index (κ3) is 3.40. The average Bonchev–Trinajstić information content (AvgIpc) is 3.32. The molecule has 186 valence electrons. The van der Waals surface area contributed by atoms with E-state index in [1.807, 2.05) is 20.8 Å². The Labute approximate surface area is 199 Å². The predicted octanol–water partition coefficient (Wildman–Crippen LogP) is 1.98. The van der Waals surface area contributed by atoms with Gasteiger partial charge in [0.25, 0.3) is 0 Å². The lowest BCUT2D eigenvalue weighted by atomic mass is 9.62. The molecule has 3 saturated heterocycles. The highest BCUT2D eigenvalue weighted by Crippen LogP contribution is 2.65. The third-order valence-corrected chi connectivity index (χ3v) is 7.97. The predicted molar refractivity (Wildman–Crippen MR) is 123 cm³/mol. The number of rotatable bonds is 8. The fourth-order valence-corrected chi connectivity index (χ4v) is 6.26. The maximum absolute atomic E-state index is 13.9. The molecule has 0 aliphatic carbocycles. The van der Waals surface area contributed by atoms with Gasteiger partial charge in [0.1, 0.15) is 23.3 Å². The zero-order valence-corrected chi connectivity index (χ0v) is 20.4. The number of aliphatic hydroxyl groups excluding tert-OH is 1. The number of hydrogen-bond acceptors (Lipinski definition) is 7. The van der Waals surface area contributed by atoms with Crippen LogP contribution in [0.15, 0.2) is 24.3 Å². The second-order valence-electron chi connectivity index (χ2n) is 9.66. The summed E-state index contributed by atoms with van der Waals surface area (Å²) in [4.78, 5) is 42.2. The number of carbonyl (C=O) groups is 3. The highest BCUT2D eigenvalue weighted by Gasteiger charge is 2.80. The van der Waals surface area contributed by atoms with Crippen LogP contribution in [-0.4, -0.2) is 71.4 Å². The average molecular weight is 475 g/mol. The van der Waals surface area contributed by atoms with E-state index in [2.05, 4.69) is 5.32 Å². The van der Waals surface area contributed by atoms with E-state index in [0.717, 1.165) is 0 Å². The fourth-order valence-electron chi connectivity index (χ4n) is 6.26. The van der Waals surface area contributed by atoms with Gasteiger partial charge in [-0.05, 0) is 56.9 Å². The van der Waals surface area contributed by atoms with Crippen LogP contribution < -0.4 is 10.1 Å². The number of nitrogens with zero attached hydrogens (tertiary/aromatic N) is 1. The lowest BCUT2D eigenvalue weighted by molar-refractivity contribution is -0.161. The van der Waals surface area contributed by atoms with Gasteiger partial charge in [0.05, 0.1) is 37.9 Å². The molecular formula is C25H34N2O7. The van der Waals surface area contributed by atoms with Crippen LogP contribution in [0.4, 0.5) is 5.69 Å². The summed E-state index contributed by atoms with van der Waals surface area (Å²) in [6, 6.07) is 5.33. The molecule has 0 saturated carbocycles. The van der Waals surface area contributed by atoms with Crippen molar-refractivity contribution in [1.82, 2.24) is 4.90 Å². The van der Waals surface area contributed by atoms with Crippen molar-refractivity contribution in [2.45, 2.75) is 63.8 Å². The van der Waals surface area contributed by atoms with Crippen molar-refractivity contribution < 1.29 is 33.7 Å². The second-order valence-corrected chi connectivity index (χ2v) is 9.66. The fraction of sp³-hybridized carbons (Fsp3) is 0.640. The molecule has 3 aliphatic heterocycles. The van der Waals surface area contributed by atoms with Gasteiger partial charge in [-0.2, -0.15) is 0 Å². The summed E-state index contributed by atoms with van der Waals surface area (Å²) in [5.41, 5.74) is -1.55. The number of aliphatic hydroxyl groups is 1. The normalized spacial score (nSPS) is 34.6. The number of nitrogens with one attached hydrogen (secondary N) is 1. The zero-order valence-electron chi connectivity index (χ0n) is 20.4. The molecule has 7 atom stereocenters. The smallest absolute Gasteiger partial charge is 0.312 e. The molecule has 1 aromatic carbocycles. The molecule has 4 rings (SSSR count). The first kappa shape index (κ1) is 24.5. The number of ether oxygens (including phenoxy) is 3. The molecule has 3 heterocycles. The first-order chi connectivity index (χ1) is 16.2. The Hall–Kier alpha value is -2.65. The van der Waals surface area contributed by atoms with Crippen LogP contribution in [0.1, 0.15) is 40.5 Å². The molecular weight excluding hydrogens is 440 g/mol. The van der Waals surface area contributed by atoms with Crippen molar-refractivity contribution in [2.24, 2.45) is 17.8 Å². The molecule has 1 aromatic rings. The van der Waals surface area contributed by atoms with Crippen molar-refractivity contribution in [3.05, 3.63) is 24.3 Å². The quantitative estimate of drug-likeness (QED) is 0.554. The molecule has 3 aliphatic rings. The number of likely N-dealkylation sites (tertiary alicyclic amines) is 1. The molecule has 3 unspecified atom stereocenters. The van der Waals surface area contributed by atoms with Gasteiger partial charge < -0.3 is 29.5 Å². The van der Waals surface area contributed by atoms with Crippen LogP contribution in [-0.2, 0) is 23.9 Å². The minimum atomic E-state index is -1.18. The molecule has 34 heavy (non-hydrogen) atoms. The van der Waals surface area contributed by atoms with Crippen LogP contribution >= 0.6 is 0 Å². The van der Waals surface area contributed by atoms with Gasteiger partial charge in [-0.1, -0.05) is 13.8 Å². The first-order valence-electron chi connectivity index (χ1n) is 11.9. The van der Waals surface area contributed by atoms with Gasteiger partial charge in [0, 0.05) is 5.69 Å². The summed E-state index contributed by atoms with van der Waals surface area (Å²) in [7, 11) is 1.56. The van der Waals surface area contributed by atoms with E-state index in [0.29, 0.717) is 24.3 Å². The van der Waals surface area contributed by atoms with Crippen LogP contribution in [0.25, 0.3) is 0 Å². The van der Waals surface area contributed by atoms with E-state index in [9.17, 15) is 19.5 Å². The number of anilines is 1. The molecule has 2 N–H and O–H groups in total. The molecule has 2 amide bonds. The van der Waals surface area contributed by atoms with Crippen LogP contribution in [0, 0.1) is 17.8 Å². The Morgan fingerprint density at radius 2 is 1.97 bits per heavy atom. The van der Waals surface area contributed by atoms with Crippen LogP contribution in [0.3, 0.4) is 0 Å². The number of carbonyl (C=O) groups excluding carboxylic acids is 3. The zero-order chi connectivity index (χ0) is 24.8. The molecule has 9 heteroatoms. The van der Waals surface area contributed by atoms with Gasteiger partial charge in [-0.3, -0.25) is 14.4 Å². The molecule has 0 aromatic heterocycles. The summed E-state index contributed by atoms with van der Waals surface area (Å²) < 4.78 is 17.1. The molecule has 2 bridgehead atoms. The van der Waals surface area contributed by atoms with Crippen molar-refractivity contribution in [3.8, 4) is 5.75 Å². The van der Waals surface area contributed by atoms with Gasteiger partial charge in [0.15, 0.2) is 0 Å². The summed E-state index contributed by atoms with van der Waals surface area (Å²) >= 11 is 0. The van der Waals surface area contributed by atoms with E-state index in [1.165, 1.54) is 4.90 Å². The highest BCUT2D eigenvalue weighted by molar-refractivity contribution is 6.03. The van der Waals surface area contributed by atoms with Crippen LogP contribution in [0.2, 0.25) is 0 Å². The number of esters is 1. The Morgan fingerprint density at radius 3 is 2.53 bits per heavy atom. The number of methoxy groups -OCH3 is 1. The van der Waals surface area contributed by atoms with Gasteiger partial charge in [-0.15, -0.1) is 0 Å². The first-order valence-corrected chi connectivity index (χ1v) is 11.9. The van der Waals surface area contributed by atoms with Crippen LogP contribution in [0.5, 0.6) is 5.75 Å². The topological polar surface area (TPSA) is 114 Å². The highest BCUT2D eigenvalue weighted by atomic mass is 16.6. The largest absolute Gasteiger partial charge is 0.497 e. The minimum Gasteiger partial charge on any atom is -0.497 e. The summed E-state index contributed by atoms with van der Waals surface area (Å²) in [6.45, 7) is 7.28. The van der Waals surface area contributed by atoms with E-state index in [4.69, 9.17) is 14.2 Å². The number of fused-ring (bicyclic) bond motifs is 1. The SMILES string of the molecule is CCOC(=O)[C@@H]1[C@H]2C(=O)N([C@@H](CC)CO)C(C(=O)Nc3ccc(OC)cc3)C23CC(C)[C@@]1(C)O3. The van der Waals surface area contributed by atoms with Crippen molar-refractivity contribution in [1.29, 1.82) is 0 Å². The van der Waals surface area contributed by atoms with Crippen molar-refractivity contribution in [2.75, 3.05) is 25.6 Å². The van der Waals surface area contributed by atoms with Crippen molar-refractivity contribution in [3.63, 3.8) is 0 Å².